The van der Waals surface area contributed by atoms with E-state index >= 15 is 0 Å². The zero-order chi connectivity index (χ0) is 15.7. The summed E-state index contributed by atoms with van der Waals surface area (Å²) in [4.78, 5) is 11.7. The van der Waals surface area contributed by atoms with E-state index in [4.69, 9.17) is 4.74 Å². The molecule has 116 valence electrons. The summed E-state index contributed by atoms with van der Waals surface area (Å²) in [5, 5.41) is 12.8. The van der Waals surface area contributed by atoms with Crippen LogP contribution in [-0.4, -0.2) is 29.8 Å². The Morgan fingerprint density at radius 2 is 1.86 bits per heavy atom. The smallest absolute Gasteiger partial charge is 0.244 e. The molecule has 0 saturated heterocycles. The topological polar surface area (TPSA) is 58.6 Å². The zero-order valence-electron chi connectivity index (χ0n) is 13.1. The molecule has 1 aromatic rings. The number of nitrogens with one attached hydrogen (secondary N) is 1. The number of amides is 1. The second-order valence-electron chi connectivity index (χ2n) is 4.98. The van der Waals surface area contributed by atoms with Crippen LogP contribution in [0.5, 0.6) is 5.75 Å². The molecule has 0 aliphatic heterocycles. The van der Waals surface area contributed by atoms with Crippen LogP contribution >= 0.6 is 0 Å². The van der Waals surface area contributed by atoms with Crippen LogP contribution in [0.25, 0.3) is 6.08 Å². The standard InChI is InChI=1S/C17H25NO3/c1-4-17(20,5-2)13-18-16(19)12-9-14-7-10-15(11-8-14)21-6-3/h7-12,20H,4-6,13H2,1-3H3,(H,18,19). The molecule has 2 N–H and O–H groups in total. The lowest BCUT2D eigenvalue weighted by atomic mass is 9.98. The molecule has 0 atom stereocenters. The molecule has 0 spiro atoms. The maximum atomic E-state index is 11.7. The van der Waals surface area contributed by atoms with E-state index in [0.717, 1.165) is 11.3 Å². The van der Waals surface area contributed by atoms with Crippen LogP contribution in [0.1, 0.15) is 39.2 Å². The highest BCUT2D eigenvalue weighted by Crippen LogP contribution is 2.14. The predicted molar refractivity (Wildman–Crippen MR) is 85.2 cm³/mol. The van der Waals surface area contributed by atoms with Gasteiger partial charge in [0.15, 0.2) is 0 Å². The summed E-state index contributed by atoms with van der Waals surface area (Å²) in [6.07, 6.45) is 4.45. The van der Waals surface area contributed by atoms with Crippen molar-refractivity contribution in [3.8, 4) is 5.75 Å². The Hall–Kier alpha value is -1.81. The Morgan fingerprint density at radius 3 is 2.38 bits per heavy atom. The van der Waals surface area contributed by atoms with Crippen molar-refractivity contribution in [1.29, 1.82) is 0 Å². The maximum absolute atomic E-state index is 11.7. The summed E-state index contributed by atoms with van der Waals surface area (Å²) in [6.45, 7) is 6.66. The van der Waals surface area contributed by atoms with Crippen LogP contribution in [0.2, 0.25) is 0 Å². The summed E-state index contributed by atoms with van der Waals surface area (Å²) in [5.41, 5.74) is 0.109. The Kier molecular flexibility index (Phi) is 6.96. The minimum Gasteiger partial charge on any atom is -0.494 e. The van der Waals surface area contributed by atoms with Gasteiger partial charge in [0, 0.05) is 12.6 Å². The van der Waals surface area contributed by atoms with E-state index in [0.29, 0.717) is 19.4 Å². The molecule has 0 heterocycles. The van der Waals surface area contributed by atoms with Gasteiger partial charge in [-0.25, -0.2) is 0 Å². The first-order valence-corrected chi connectivity index (χ1v) is 7.44. The SMILES string of the molecule is CCOc1ccc(C=CC(=O)NCC(O)(CC)CC)cc1. The Morgan fingerprint density at radius 1 is 1.24 bits per heavy atom. The average Bonchev–Trinajstić information content (AvgIpc) is 2.52. The molecule has 0 saturated carbocycles. The normalized spacial score (nSPS) is 11.6. The van der Waals surface area contributed by atoms with Crippen molar-refractivity contribution in [1.82, 2.24) is 5.32 Å². The molecule has 1 amide bonds. The molecule has 4 nitrogen and oxygen atoms in total. The monoisotopic (exact) mass is 291 g/mol. The van der Waals surface area contributed by atoms with Crippen LogP contribution in [0.4, 0.5) is 0 Å². The summed E-state index contributed by atoms with van der Waals surface area (Å²) in [6, 6.07) is 7.52. The van der Waals surface area contributed by atoms with Crippen LogP contribution in [0, 0.1) is 0 Å². The summed E-state index contributed by atoms with van der Waals surface area (Å²) in [5.74, 6) is 0.610. The van der Waals surface area contributed by atoms with E-state index in [-0.39, 0.29) is 12.5 Å². The van der Waals surface area contributed by atoms with Crippen molar-refractivity contribution < 1.29 is 14.6 Å². The highest BCUT2D eigenvalue weighted by Gasteiger charge is 2.22. The van der Waals surface area contributed by atoms with E-state index in [2.05, 4.69) is 5.32 Å². The molecule has 21 heavy (non-hydrogen) atoms. The summed E-state index contributed by atoms with van der Waals surface area (Å²) >= 11 is 0. The molecule has 1 rings (SSSR count). The lowest BCUT2D eigenvalue weighted by Crippen LogP contribution is -2.41. The van der Waals surface area contributed by atoms with Gasteiger partial charge in [0.25, 0.3) is 0 Å². The maximum Gasteiger partial charge on any atom is 0.244 e. The number of hydrogen-bond donors (Lipinski definition) is 2. The van der Waals surface area contributed by atoms with Crippen LogP contribution in [0.15, 0.2) is 30.3 Å². The van der Waals surface area contributed by atoms with E-state index in [1.54, 1.807) is 6.08 Å². The van der Waals surface area contributed by atoms with E-state index < -0.39 is 5.60 Å². The molecule has 0 fully saturated rings. The van der Waals surface area contributed by atoms with Crippen LogP contribution < -0.4 is 10.1 Å². The fourth-order valence-electron chi connectivity index (χ4n) is 1.82. The highest BCUT2D eigenvalue weighted by molar-refractivity contribution is 5.91. The Bertz CT molecular complexity index is 461. The van der Waals surface area contributed by atoms with Gasteiger partial charge in [0.05, 0.1) is 12.2 Å². The van der Waals surface area contributed by atoms with Gasteiger partial charge < -0.3 is 15.2 Å². The Labute approximate surface area is 126 Å². The van der Waals surface area contributed by atoms with Gasteiger partial charge in [-0.1, -0.05) is 26.0 Å². The number of aliphatic hydroxyl groups is 1. The first-order chi connectivity index (χ1) is 10.0. The summed E-state index contributed by atoms with van der Waals surface area (Å²) in [7, 11) is 0. The number of carbonyl (C=O) groups is 1. The molecule has 1 aromatic carbocycles. The molecule has 0 aromatic heterocycles. The molecule has 0 aliphatic carbocycles. The second-order valence-corrected chi connectivity index (χ2v) is 4.98. The molecule has 0 aliphatic rings. The third-order valence-electron chi connectivity index (χ3n) is 3.53. The molecule has 0 radical (unpaired) electrons. The summed E-state index contributed by atoms with van der Waals surface area (Å²) < 4.78 is 5.36. The minimum atomic E-state index is -0.817. The second kappa shape index (κ2) is 8.47. The number of ether oxygens (including phenoxy) is 1. The van der Waals surface area contributed by atoms with Crippen molar-refractivity contribution >= 4 is 12.0 Å². The van der Waals surface area contributed by atoms with Gasteiger partial charge in [-0.3, -0.25) is 4.79 Å². The zero-order valence-corrected chi connectivity index (χ0v) is 13.1. The van der Waals surface area contributed by atoms with E-state index in [1.807, 2.05) is 45.0 Å². The van der Waals surface area contributed by atoms with Gasteiger partial charge in [0.2, 0.25) is 5.91 Å². The molecule has 0 unspecified atom stereocenters. The largest absolute Gasteiger partial charge is 0.494 e. The molecular formula is C17H25NO3. The van der Waals surface area contributed by atoms with Crippen molar-refractivity contribution in [3.05, 3.63) is 35.9 Å². The number of hydrogen-bond acceptors (Lipinski definition) is 3. The van der Waals surface area contributed by atoms with Crippen LogP contribution in [0.3, 0.4) is 0 Å². The lowest BCUT2D eigenvalue weighted by Gasteiger charge is -2.24. The van der Waals surface area contributed by atoms with Gasteiger partial charge in [-0.15, -0.1) is 0 Å². The first kappa shape index (κ1) is 17.2. The average molecular weight is 291 g/mol. The molecule has 0 bridgehead atoms. The van der Waals surface area contributed by atoms with Crippen molar-refractivity contribution in [2.45, 2.75) is 39.2 Å². The Balaban J connectivity index is 2.50. The van der Waals surface area contributed by atoms with Gasteiger partial charge in [-0.05, 0) is 43.5 Å². The van der Waals surface area contributed by atoms with Gasteiger partial charge in [0.1, 0.15) is 5.75 Å². The van der Waals surface area contributed by atoms with Gasteiger partial charge in [-0.2, -0.15) is 0 Å². The third-order valence-corrected chi connectivity index (χ3v) is 3.53. The minimum absolute atomic E-state index is 0.204. The lowest BCUT2D eigenvalue weighted by molar-refractivity contribution is -0.117. The van der Waals surface area contributed by atoms with E-state index in [9.17, 15) is 9.90 Å². The predicted octanol–water partition coefficient (Wildman–Crippen LogP) is 2.77. The quantitative estimate of drug-likeness (QED) is 0.724. The van der Waals surface area contributed by atoms with Crippen LogP contribution in [-0.2, 0) is 4.79 Å². The van der Waals surface area contributed by atoms with Crippen molar-refractivity contribution in [3.63, 3.8) is 0 Å². The van der Waals surface area contributed by atoms with E-state index in [1.165, 1.54) is 6.08 Å². The molecule has 4 heteroatoms. The third kappa shape index (κ3) is 6.00. The van der Waals surface area contributed by atoms with Crippen molar-refractivity contribution in [2.75, 3.05) is 13.2 Å². The first-order valence-electron chi connectivity index (χ1n) is 7.44. The number of benzene rings is 1. The number of carbonyl (C=O) groups excluding carboxylic acids is 1. The fraction of sp³-hybridized carbons (Fsp3) is 0.471. The highest BCUT2D eigenvalue weighted by atomic mass is 16.5. The van der Waals surface area contributed by atoms with Crippen molar-refractivity contribution in [2.24, 2.45) is 0 Å². The fourth-order valence-corrected chi connectivity index (χ4v) is 1.82. The number of rotatable bonds is 8. The van der Waals surface area contributed by atoms with Gasteiger partial charge >= 0.3 is 0 Å². The molecular weight excluding hydrogens is 266 g/mol.